The molecule has 0 bridgehead atoms. The molecule has 2 heterocycles. The molecule has 9 heteroatoms. The number of thioether (sulfide) groups is 1. The molecule has 0 spiro atoms. The van der Waals surface area contributed by atoms with Crippen molar-refractivity contribution in [2.75, 3.05) is 37.5 Å². The highest BCUT2D eigenvalue weighted by molar-refractivity contribution is 7.98. The van der Waals surface area contributed by atoms with Gasteiger partial charge in [-0.1, -0.05) is 36.4 Å². The number of morpholine rings is 1. The zero-order valence-electron chi connectivity index (χ0n) is 19.8. The van der Waals surface area contributed by atoms with E-state index in [0.717, 1.165) is 46.3 Å². The summed E-state index contributed by atoms with van der Waals surface area (Å²) in [5.74, 6) is 6.97. The Morgan fingerprint density at radius 1 is 1.21 bits per heavy atom. The molecule has 1 saturated heterocycles. The first-order chi connectivity index (χ1) is 16.7. The van der Waals surface area contributed by atoms with Gasteiger partial charge in [0.2, 0.25) is 0 Å². The Morgan fingerprint density at radius 2 is 2.00 bits per heavy atom. The van der Waals surface area contributed by atoms with Crippen LogP contribution in [0.2, 0.25) is 0 Å². The Balaban J connectivity index is 2.06. The van der Waals surface area contributed by atoms with Crippen LogP contribution in [0.15, 0.2) is 69.5 Å². The van der Waals surface area contributed by atoms with E-state index in [9.17, 15) is 0 Å². The third-order valence-electron chi connectivity index (χ3n) is 5.05. The van der Waals surface area contributed by atoms with E-state index >= 15 is 0 Å². The Bertz CT molecular complexity index is 1100. The monoisotopic (exact) mass is 477 g/mol. The zero-order chi connectivity index (χ0) is 24.2. The Labute approximate surface area is 205 Å². The molecule has 0 radical (unpaired) electrons. The van der Waals surface area contributed by atoms with Gasteiger partial charge in [0.05, 0.1) is 35.7 Å². The van der Waals surface area contributed by atoms with Crippen LogP contribution in [-0.2, 0) is 4.74 Å². The second-order valence-corrected chi connectivity index (χ2v) is 8.05. The Hall–Kier alpha value is -3.43. The lowest BCUT2D eigenvalue weighted by molar-refractivity contribution is 0.122. The molecule has 0 saturated carbocycles. The van der Waals surface area contributed by atoms with E-state index in [1.165, 1.54) is 0 Å². The second kappa shape index (κ2) is 13.3. The number of anilines is 1. The molecule has 0 amide bonds. The maximum Gasteiger partial charge on any atom is 0.162 e. The van der Waals surface area contributed by atoms with Gasteiger partial charge < -0.3 is 20.8 Å². The molecule has 1 aromatic carbocycles. The van der Waals surface area contributed by atoms with Crippen molar-refractivity contribution in [2.45, 2.75) is 18.7 Å². The number of aromatic nitrogens is 2. The van der Waals surface area contributed by atoms with Crippen molar-refractivity contribution in [3.05, 3.63) is 65.8 Å². The van der Waals surface area contributed by atoms with Crippen LogP contribution < -0.4 is 16.1 Å². The maximum atomic E-state index is 5.56. The van der Waals surface area contributed by atoms with Gasteiger partial charge >= 0.3 is 0 Å². The van der Waals surface area contributed by atoms with Crippen molar-refractivity contribution in [1.82, 2.24) is 15.3 Å². The highest BCUT2D eigenvalue weighted by Gasteiger charge is 2.21. The predicted molar refractivity (Wildman–Crippen MR) is 143 cm³/mol. The van der Waals surface area contributed by atoms with Crippen molar-refractivity contribution in [1.29, 1.82) is 0 Å². The van der Waals surface area contributed by atoms with E-state index in [2.05, 4.69) is 20.3 Å². The van der Waals surface area contributed by atoms with E-state index in [-0.39, 0.29) is 0 Å². The normalized spacial score (nSPS) is 15.4. The summed E-state index contributed by atoms with van der Waals surface area (Å²) in [6.45, 7) is 6.79. The molecule has 3 N–H and O–H groups in total. The van der Waals surface area contributed by atoms with Gasteiger partial charge in [0.15, 0.2) is 5.82 Å². The van der Waals surface area contributed by atoms with Gasteiger partial charge in [-0.05, 0) is 26.2 Å². The topological polar surface area (TPSA) is 101 Å². The molecule has 1 aromatic heterocycles. The maximum absolute atomic E-state index is 5.56. The molecule has 2 aromatic rings. The first kappa shape index (κ1) is 25.2. The summed E-state index contributed by atoms with van der Waals surface area (Å²) < 4.78 is 5.56. The summed E-state index contributed by atoms with van der Waals surface area (Å²) in [4.78, 5) is 17.4. The lowest BCUT2D eigenvalue weighted by atomic mass is 10.1. The summed E-state index contributed by atoms with van der Waals surface area (Å²) in [6, 6.07) is 7.84. The van der Waals surface area contributed by atoms with Crippen LogP contribution in [0.5, 0.6) is 0 Å². The fourth-order valence-corrected chi connectivity index (χ4v) is 4.07. The Kier molecular flexibility index (Phi) is 9.87. The number of hydrazone groups is 1. The third kappa shape index (κ3) is 6.55. The SMILES string of the molecule is C\C=C/N=C\C(=C/C)N/C=C/c1nc(-c2ccccc2/C=N\N)nc(N2CCOCC2)c1SC. The minimum atomic E-state index is 0.621. The van der Waals surface area contributed by atoms with Crippen molar-refractivity contribution in [3.8, 4) is 11.4 Å². The van der Waals surface area contributed by atoms with Gasteiger partial charge in [0.25, 0.3) is 0 Å². The predicted octanol–water partition coefficient (Wildman–Crippen LogP) is 4.06. The molecule has 0 aliphatic carbocycles. The van der Waals surface area contributed by atoms with Gasteiger partial charge in [0.1, 0.15) is 5.82 Å². The molecule has 178 valence electrons. The lowest BCUT2D eigenvalue weighted by Gasteiger charge is -2.30. The highest BCUT2D eigenvalue weighted by Crippen LogP contribution is 2.33. The minimum absolute atomic E-state index is 0.621. The standard InChI is InChI=1S/C25H31N7OS/c1-4-11-27-18-20(5-2)28-12-10-22-23(34-3)25(32-13-15-33-16-14-32)31-24(30-22)21-9-7-6-8-19(21)17-29-26/h4-12,17-18,28H,13-16,26H2,1-3H3/b11-4-,12-10+,20-5+,27-18-,29-17-. The molecular formula is C25H31N7OS. The van der Waals surface area contributed by atoms with E-state index < -0.39 is 0 Å². The summed E-state index contributed by atoms with van der Waals surface area (Å²) >= 11 is 1.63. The Morgan fingerprint density at radius 3 is 2.71 bits per heavy atom. The fourth-order valence-electron chi connectivity index (χ4n) is 3.39. The number of nitrogens with one attached hydrogen (secondary N) is 1. The van der Waals surface area contributed by atoms with Crippen LogP contribution in [0.25, 0.3) is 17.5 Å². The number of nitrogens with two attached hydrogens (primary N) is 1. The van der Waals surface area contributed by atoms with Crippen molar-refractivity contribution in [2.24, 2.45) is 15.9 Å². The number of aliphatic imine (C=N–C) groups is 1. The molecule has 0 atom stereocenters. The van der Waals surface area contributed by atoms with Crippen LogP contribution in [0.3, 0.4) is 0 Å². The molecular weight excluding hydrogens is 446 g/mol. The number of hydrogen-bond acceptors (Lipinski definition) is 9. The first-order valence-corrected chi connectivity index (χ1v) is 12.3. The summed E-state index contributed by atoms with van der Waals surface area (Å²) in [6.07, 6.45) is 14.9. The quantitative estimate of drug-likeness (QED) is 0.243. The highest BCUT2D eigenvalue weighted by atomic mass is 32.2. The van der Waals surface area contributed by atoms with Crippen molar-refractivity contribution < 1.29 is 4.74 Å². The van der Waals surface area contributed by atoms with Crippen LogP contribution in [-0.4, -0.2) is 55.0 Å². The average Bonchev–Trinajstić information content (AvgIpc) is 2.88. The number of ether oxygens (including phenoxy) is 1. The minimum Gasteiger partial charge on any atom is -0.378 e. The summed E-state index contributed by atoms with van der Waals surface area (Å²) in [5.41, 5.74) is 3.44. The molecule has 34 heavy (non-hydrogen) atoms. The molecule has 8 nitrogen and oxygen atoms in total. The fraction of sp³-hybridized carbons (Fsp3) is 0.280. The zero-order valence-corrected chi connectivity index (χ0v) is 20.6. The van der Waals surface area contributed by atoms with Crippen LogP contribution in [0, 0.1) is 0 Å². The summed E-state index contributed by atoms with van der Waals surface area (Å²) in [5, 5.41) is 6.98. The second-order valence-electron chi connectivity index (χ2n) is 7.24. The van der Waals surface area contributed by atoms with Gasteiger partial charge in [-0.15, -0.1) is 11.8 Å². The molecule has 1 aliphatic rings. The van der Waals surface area contributed by atoms with E-state index in [0.29, 0.717) is 19.0 Å². The van der Waals surface area contributed by atoms with Crippen molar-refractivity contribution in [3.63, 3.8) is 0 Å². The molecule has 3 rings (SSSR count). The van der Waals surface area contributed by atoms with E-state index in [4.69, 9.17) is 20.5 Å². The van der Waals surface area contributed by atoms with Crippen LogP contribution in [0.1, 0.15) is 25.1 Å². The largest absolute Gasteiger partial charge is 0.378 e. The number of nitrogens with zero attached hydrogens (tertiary/aromatic N) is 5. The first-order valence-electron chi connectivity index (χ1n) is 11.1. The third-order valence-corrected chi connectivity index (χ3v) is 5.85. The van der Waals surface area contributed by atoms with Crippen molar-refractivity contribution >= 4 is 36.1 Å². The number of benzene rings is 1. The number of allylic oxidation sites excluding steroid dienone is 3. The van der Waals surface area contributed by atoms with Gasteiger partial charge in [-0.25, -0.2) is 9.97 Å². The van der Waals surface area contributed by atoms with Crippen LogP contribution >= 0.6 is 11.8 Å². The molecule has 1 aliphatic heterocycles. The van der Waals surface area contributed by atoms with Gasteiger partial charge in [-0.3, -0.25) is 4.99 Å². The van der Waals surface area contributed by atoms with Gasteiger partial charge in [0, 0.05) is 42.8 Å². The molecule has 1 fully saturated rings. The number of rotatable bonds is 9. The molecule has 0 unspecified atom stereocenters. The van der Waals surface area contributed by atoms with Crippen LogP contribution in [0.4, 0.5) is 5.82 Å². The number of hydrogen-bond donors (Lipinski definition) is 2. The average molecular weight is 478 g/mol. The van der Waals surface area contributed by atoms with E-state index in [1.54, 1.807) is 30.4 Å². The lowest BCUT2D eigenvalue weighted by Crippen LogP contribution is -2.37. The van der Waals surface area contributed by atoms with Gasteiger partial charge in [-0.2, -0.15) is 5.10 Å². The smallest absolute Gasteiger partial charge is 0.162 e. The summed E-state index contributed by atoms with van der Waals surface area (Å²) in [7, 11) is 0. The van der Waals surface area contributed by atoms with E-state index in [1.807, 2.05) is 68.8 Å².